The summed E-state index contributed by atoms with van der Waals surface area (Å²) in [5.41, 5.74) is 5.85. The highest BCUT2D eigenvalue weighted by Gasteiger charge is 2.32. The van der Waals surface area contributed by atoms with Gasteiger partial charge >= 0.3 is 0 Å². The maximum absolute atomic E-state index is 13.2. The summed E-state index contributed by atoms with van der Waals surface area (Å²) in [5.74, 6) is -0.917. The van der Waals surface area contributed by atoms with Crippen molar-refractivity contribution in [1.29, 1.82) is 0 Å². The summed E-state index contributed by atoms with van der Waals surface area (Å²) >= 11 is 3.22. The molecule has 5 nitrogen and oxygen atoms in total. The molecular weight excluding hydrogens is 329 g/mol. The Morgan fingerprint density at radius 2 is 2.25 bits per heavy atom. The Morgan fingerprint density at radius 1 is 1.50 bits per heavy atom. The van der Waals surface area contributed by atoms with Gasteiger partial charge < -0.3 is 16.3 Å². The number of hydrogen-bond donors (Lipinski definition) is 3. The number of rotatable bonds is 3. The molecule has 0 heterocycles. The van der Waals surface area contributed by atoms with Crippen LogP contribution in [0.2, 0.25) is 0 Å². The third kappa shape index (κ3) is 3.09. The molecule has 0 bridgehead atoms. The number of amidine groups is 1. The third-order valence-electron chi connectivity index (χ3n) is 3.50. The zero-order chi connectivity index (χ0) is 14.7. The van der Waals surface area contributed by atoms with Crippen LogP contribution in [-0.2, 0) is 0 Å². The number of nitrogens with zero attached hydrogens (tertiary/aromatic N) is 1. The van der Waals surface area contributed by atoms with E-state index in [4.69, 9.17) is 10.9 Å². The molecule has 1 fully saturated rings. The van der Waals surface area contributed by atoms with Crippen LogP contribution in [0, 0.1) is 11.7 Å². The van der Waals surface area contributed by atoms with E-state index in [1.54, 1.807) is 0 Å². The minimum Gasteiger partial charge on any atom is -0.409 e. The number of nitrogens with one attached hydrogen (secondary N) is 1. The van der Waals surface area contributed by atoms with Crippen molar-refractivity contribution >= 4 is 27.7 Å². The van der Waals surface area contributed by atoms with Gasteiger partial charge in [-0.05, 0) is 47.0 Å². The van der Waals surface area contributed by atoms with Gasteiger partial charge in [-0.25, -0.2) is 4.39 Å². The Kier molecular flexibility index (Phi) is 4.59. The topological polar surface area (TPSA) is 87.7 Å². The van der Waals surface area contributed by atoms with E-state index < -0.39 is 5.82 Å². The Morgan fingerprint density at radius 3 is 2.95 bits per heavy atom. The van der Waals surface area contributed by atoms with Crippen molar-refractivity contribution in [3.63, 3.8) is 0 Å². The average Bonchev–Trinajstić information content (AvgIpc) is 2.88. The number of oxime groups is 1. The van der Waals surface area contributed by atoms with Crippen LogP contribution in [0.25, 0.3) is 0 Å². The molecule has 1 aromatic rings. The molecule has 2 rings (SSSR count). The fourth-order valence-corrected chi connectivity index (χ4v) is 2.91. The van der Waals surface area contributed by atoms with Crippen LogP contribution in [0.1, 0.15) is 29.6 Å². The number of halogens is 2. The Hall–Kier alpha value is -1.63. The number of carbonyl (C=O) groups excluding carboxylic acids is 1. The van der Waals surface area contributed by atoms with Crippen LogP contribution in [0.15, 0.2) is 27.8 Å². The van der Waals surface area contributed by atoms with Gasteiger partial charge in [0.05, 0.1) is 5.56 Å². The summed E-state index contributed by atoms with van der Waals surface area (Å²) in [7, 11) is 0. The molecular formula is C13H15BrFN3O2. The van der Waals surface area contributed by atoms with Crippen LogP contribution in [0.3, 0.4) is 0 Å². The second-order valence-electron chi connectivity index (χ2n) is 4.77. The molecule has 0 saturated heterocycles. The standard InChI is InChI=1S/C13H15BrFN3O2/c14-10-5-4-7(15)6-9(10)13(19)17-11-3-1-2-8(11)12(16)18-20/h4-6,8,11,20H,1-3H2,(H2,16,18)(H,17,19). The highest BCUT2D eigenvalue weighted by Crippen LogP contribution is 2.27. The maximum atomic E-state index is 13.2. The van der Waals surface area contributed by atoms with Crippen LogP contribution in [0.5, 0.6) is 0 Å². The maximum Gasteiger partial charge on any atom is 0.252 e. The van der Waals surface area contributed by atoms with E-state index in [9.17, 15) is 9.18 Å². The van der Waals surface area contributed by atoms with Crippen molar-refractivity contribution in [3.05, 3.63) is 34.1 Å². The summed E-state index contributed by atoms with van der Waals surface area (Å²) in [5, 5.41) is 14.6. The first kappa shape index (κ1) is 14.8. The van der Waals surface area contributed by atoms with Crippen LogP contribution in [-0.4, -0.2) is 23.0 Å². The van der Waals surface area contributed by atoms with Crippen molar-refractivity contribution in [1.82, 2.24) is 5.32 Å². The zero-order valence-corrected chi connectivity index (χ0v) is 12.2. The van der Waals surface area contributed by atoms with Crippen molar-refractivity contribution < 1.29 is 14.4 Å². The summed E-state index contributed by atoms with van der Waals surface area (Å²) in [4.78, 5) is 12.2. The quantitative estimate of drug-likeness (QED) is 0.340. The lowest BCUT2D eigenvalue weighted by molar-refractivity contribution is 0.0932. The van der Waals surface area contributed by atoms with E-state index in [-0.39, 0.29) is 29.3 Å². The lowest BCUT2D eigenvalue weighted by Gasteiger charge is -2.20. The largest absolute Gasteiger partial charge is 0.409 e. The van der Waals surface area contributed by atoms with Gasteiger partial charge in [0.15, 0.2) is 0 Å². The lowest BCUT2D eigenvalue weighted by Crippen LogP contribution is -2.42. The molecule has 0 aromatic heterocycles. The number of benzene rings is 1. The molecule has 4 N–H and O–H groups in total. The van der Waals surface area contributed by atoms with Crippen molar-refractivity contribution in [2.75, 3.05) is 0 Å². The first-order valence-electron chi connectivity index (χ1n) is 6.26. The molecule has 1 amide bonds. The normalized spacial score (nSPS) is 22.8. The van der Waals surface area contributed by atoms with Gasteiger partial charge in [0, 0.05) is 16.4 Å². The summed E-state index contributed by atoms with van der Waals surface area (Å²) in [6.07, 6.45) is 2.39. The smallest absolute Gasteiger partial charge is 0.252 e. The minimum atomic E-state index is -0.474. The predicted octanol–water partition coefficient (Wildman–Crippen LogP) is 2.23. The number of hydrogen-bond acceptors (Lipinski definition) is 3. The van der Waals surface area contributed by atoms with Gasteiger partial charge in [-0.2, -0.15) is 0 Å². The van der Waals surface area contributed by atoms with E-state index in [1.165, 1.54) is 18.2 Å². The molecule has 20 heavy (non-hydrogen) atoms. The van der Waals surface area contributed by atoms with Gasteiger partial charge in [-0.15, -0.1) is 0 Å². The van der Waals surface area contributed by atoms with Crippen molar-refractivity contribution in [2.24, 2.45) is 16.8 Å². The minimum absolute atomic E-state index is 0.117. The van der Waals surface area contributed by atoms with E-state index in [0.29, 0.717) is 4.47 Å². The molecule has 2 unspecified atom stereocenters. The fourth-order valence-electron chi connectivity index (χ4n) is 2.48. The monoisotopic (exact) mass is 343 g/mol. The summed E-state index contributed by atoms with van der Waals surface area (Å²) in [6.45, 7) is 0. The number of nitrogens with two attached hydrogens (primary N) is 1. The van der Waals surface area contributed by atoms with Gasteiger partial charge in [-0.3, -0.25) is 4.79 Å². The van der Waals surface area contributed by atoms with Gasteiger partial charge in [0.1, 0.15) is 11.7 Å². The highest BCUT2D eigenvalue weighted by molar-refractivity contribution is 9.10. The van der Waals surface area contributed by atoms with E-state index in [1.807, 2.05) is 0 Å². The molecule has 108 valence electrons. The van der Waals surface area contributed by atoms with Gasteiger partial charge in [0.2, 0.25) is 0 Å². The molecule has 2 atom stereocenters. The molecule has 0 spiro atoms. The van der Waals surface area contributed by atoms with E-state index >= 15 is 0 Å². The molecule has 7 heteroatoms. The molecule has 0 radical (unpaired) electrons. The van der Waals surface area contributed by atoms with Crippen LogP contribution in [0.4, 0.5) is 4.39 Å². The van der Waals surface area contributed by atoms with Gasteiger partial charge in [0.25, 0.3) is 5.91 Å². The Balaban J connectivity index is 2.13. The van der Waals surface area contributed by atoms with E-state index in [2.05, 4.69) is 26.4 Å². The molecule has 1 aliphatic rings. The van der Waals surface area contributed by atoms with Crippen molar-refractivity contribution in [2.45, 2.75) is 25.3 Å². The Labute approximate surface area is 124 Å². The summed E-state index contributed by atoms with van der Waals surface area (Å²) < 4.78 is 13.7. The predicted molar refractivity (Wildman–Crippen MR) is 76.1 cm³/mol. The lowest BCUT2D eigenvalue weighted by atomic mass is 10.0. The molecule has 1 aliphatic carbocycles. The second-order valence-corrected chi connectivity index (χ2v) is 5.62. The first-order chi connectivity index (χ1) is 9.52. The third-order valence-corrected chi connectivity index (χ3v) is 4.19. The first-order valence-corrected chi connectivity index (χ1v) is 7.05. The Bertz CT molecular complexity index is 550. The fraction of sp³-hybridized carbons (Fsp3) is 0.385. The summed E-state index contributed by atoms with van der Waals surface area (Å²) in [6, 6.07) is 3.73. The molecule has 1 saturated carbocycles. The van der Waals surface area contributed by atoms with Crippen LogP contribution >= 0.6 is 15.9 Å². The van der Waals surface area contributed by atoms with E-state index in [0.717, 1.165) is 19.3 Å². The van der Waals surface area contributed by atoms with Crippen molar-refractivity contribution in [3.8, 4) is 0 Å². The second kappa shape index (κ2) is 6.21. The average molecular weight is 344 g/mol. The number of carbonyl (C=O) groups is 1. The number of amides is 1. The SMILES string of the molecule is NC(=NO)C1CCCC1NC(=O)c1cc(F)ccc1Br. The highest BCUT2D eigenvalue weighted by atomic mass is 79.9. The molecule has 1 aromatic carbocycles. The van der Waals surface area contributed by atoms with Gasteiger partial charge in [-0.1, -0.05) is 11.6 Å². The van der Waals surface area contributed by atoms with Crippen LogP contribution < -0.4 is 11.1 Å². The molecule has 0 aliphatic heterocycles. The zero-order valence-electron chi connectivity index (χ0n) is 10.6.